The Bertz CT molecular complexity index is 1210. The van der Waals surface area contributed by atoms with Gasteiger partial charge in [-0.1, -0.05) is 0 Å². The number of ether oxygens (including phenoxy) is 1. The van der Waals surface area contributed by atoms with Crippen LogP contribution in [0.4, 0.5) is 37.8 Å². The van der Waals surface area contributed by atoms with E-state index >= 15 is 0 Å². The van der Waals surface area contributed by atoms with E-state index in [1.807, 2.05) is 4.90 Å². The molecule has 6 nitrogen and oxygen atoms in total. The van der Waals surface area contributed by atoms with E-state index in [1.165, 1.54) is 30.6 Å². The van der Waals surface area contributed by atoms with Crippen LogP contribution in [0.3, 0.4) is 0 Å². The molecule has 1 aliphatic heterocycles. The van der Waals surface area contributed by atoms with Gasteiger partial charge >= 0.3 is 12.5 Å². The fourth-order valence-corrected chi connectivity index (χ4v) is 3.66. The van der Waals surface area contributed by atoms with Gasteiger partial charge in [-0.15, -0.1) is 13.2 Å². The number of amides is 1. The lowest BCUT2D eigenvalue weighted by Crippen LogP contribution is -2.21. The van der Waals surface area contributed by atoms with Crippen molar-refractivity contribution >= 4 is 17.4 Å². The van der Waals surface area contributed by atoms with Crippen molar-refractivity contribution in [3.05, 3.63) is 66.1 Å². The summed E-state index contributed by atoms with van der Waals surface area (Å²) in [6, 6.07) is 6.90. The van der Waals surface area contributed by atoms with Crippen molar-refractivity contribution in [2.75, 3.05) is 23.3 Å². The number of carbonyl (C=O) groups is 1. The first-order valence-electron chi connectivity index (χ1n) is 10.4. The second-order valence-corrected chi connectivity index (χ2v) is 7.78. The molecule has 12 heteroatoms. The standard InChI is InChI=1S/C23H18F6N4O2/c24-22(25,26)16-9-14(11-30-13-16)19-10-15(12-31-20(19)33-7-1-2-8-33)21(34)32-17-3-5-18(6-4-17)35-23(27,28)29/h3-6,9-13H,1-2,7-8H2,(H,32,34). The highest BCUT2D eigenvalue weighted by Gasteiger charge is 2.32. The highest BCUT2D eigenvalue weighted by Crippen LogP contribution is 2.36. The second kappa shape index (κ2) is 9.43. The van der Waals surface area contributed by atoms with Gasteiger partial charge in [-0.3, -0.25) is 9.78 Å². The number of nitrogens with one attached hydrogen (secondary N) is 1. The van der Waals surface area contributed by atoms with Gasteiger partial charge in [0.1, 0.15) is 11.6 Å². The summed E-state index contributed by atoms with van der Waals surface area (Å²) in [6.07, 6.45) is -4.35. The Labute approximate surface area is 195 Å². The van der Waals surface area contributed by atoms with Crippen molar-refractivity contribution in [3.63, 3.8) is 0 Å². The molecule has 35 heavy (non-hydrogen) atoms. The van der Waals surface area contributed by atoms with E-state index in [0.717, 1.165) is 37.2 Å². The van der Waals surface area contributed by atoms with Crippen LogP contribution in [-0.2, 0) is 6.18 Å². The number of hydrogen-bond donors (Lipinski definition) is 1. The minimum absolute atomic E-state index is 0.0518. The third-order valence-corrected chi connectivity index (χ3v) is 5.26. The molecule has 0 unspecified atom stereocenters. The Morgan fingerprint density at radius 1 is 0.943 bits per heavy atom. The molecule has 0 atom stereocenters. The highest BCUT2D eigenvalue weighted by atomic mass is 19.4. The Morgan fingerprint density at radius 3 is 2.26 bits per heavy atom. The molecule has 1 aromatic carbocycles. The zero-order valence-electron chi connectivity index (χ0n) is 18.0. The average Bonchev–Trinajstić information content (AvgIpc) is 3.33. The molecule has 1 N–H and O–H groups in total. The first-order chi connectivity index (χ1) is 16.5. The Hall–Kier alpha value is -3.83. The van der Waals surface area contributed by atoms with Crippen molar-refractivity contribution in [2.45, 2.75) is 25.4 Å². The number of pyridine rings is 2. The van der Waals surface area contributed by atoms with E-state index in [-0.39, 0.29) is 16.8 Å². The van der Waals surface area contributed by atoms with Gasteiger partial charge in [0.2, 0.25) is 0 Å². The van der Waals surface area contributed by atoms with Crippen LogP contribution in [0.1, 0.15) is 28.8 Å². The molecular formula is C23H18F6N4O2. The van der Waals surface area contributed by atoms with E-state index in [1.54, 1.807) is 0 Å². The Morgan fingerprint density at radius 2 is 1.63 bits per heavy atom. The summed E-state index contributed by atoms with van der Waals surface area (Å²) in [6.45, 7) is 1.34. The van der Waals surface area contributed by atoms with Crippen LogP contribution in [0.2, 0.25) is 0 Å². The number of hydrogen-bond acceptors (Lipinski definition) is 5. The quantitative estimate of drug-likeness (QED) is 0.445. The molecule has 0 radical (unpaired) electrons. The maximum atomic E-state index is 13.3. The monoisotopic (exact) mass is 496 g/mol. The fourth-order valence-electron chi connectivity index (χ4n) is 3.66. The number of carbonyl (C=O) groups excluding carboxylic acids is 1. The summed E-state index contributed by atoms with van der Waals surface area (Å²) < 4.78 is 80.5. The third-order valence-electron chi connectivity index (χ3n) is 5.26. The normalized spacial score (nSPS) is 14.2. The largest absolute Gasteiger partial charge is 0.573 e. The van der Waals surface area contributed by atoms with Gasteiger partial charge in [0.05, 0.1) is 11.1 Å². The van der Waals surface area contributed by atoms with Crippen LogP contribution in [-0.4, -0.2) is 35.3 Å². The average molecular weight is 496 g/mol. The number of halogens is 6. The molecule has 0 bridgehead atoms. The molecule has 1 fully saturated rings. The lowest BCUT2D eigenvalue weighted by Gasteiger charge is -2.21. The molecular weight excluding hydrogens is 478 g/mol. The zero-order chi connectivity index (χ0) is 25.2. The predicted molar refractivity (Wildman–Crippen MR) is 115 cm³/mol. The molecule has 184 valence electrons. The molecule has 1 aliphatic rings. The molecule has 3 heterocycles. The number of benzene rings is 1. The minimum Gasteiger partial charge on any atom is -0.406 e. The number of alkyl halides is 6. The second-order valence-electron chi connectivity index (χ2n) is 7.78. The fraction of sp³-hybridized carbons (Fsp3) is 0.261. The lowest BCUT2D eigenvalue weighted by molar-refractivity contribution is -0.274. The van der Waals surface area contributed by atoms with Crippen molar-refractivity contribution < 1.29 is 35.9 Å². The van der Waals surface area contributed by atoms with E-state index in [4.69, 9.17) is 0 Å². The van der Waals surface area contributed by atoms with Gasteiger partial charge in [0.25, 0.3) is 5.91 Å². The Kier molecular flexibility index (Phi) is 6.55. The van der Waals surface area contributed by atoms with Gasteiger partial charge in [0, 0.05) is 48.5 Å². The van der Waals surface area contributed by atoms with Crippen molar-refractivity contribution in [1.29, 1.82) is 0 Å². The van der Waals surface area contributed by atoms with Crippen molar-refractivity contribution in [2.24, 2.45) is 0 Å². The summed E-state index contributed by atoms with van der Waals surface area (Å²) in [4.78, 5) is 22.8. The number of nitrogens with zero attached hydrogens (tertiary/aromatic N) is 3. The van der Waals surface area contributed by atoms with E-state index in [9.17, 15) is 31.1 Å². The molecule has 0 saturated carbocycles. The molecule has 3 aromatic rings. The highest BCUT2D eigenvalue weighted by molar-refractivity contribution is 6.05. The first kappa shape index (κ1) is 24.3. The third kappa shape index (κ3) is 6.00. The SMILES string of the molecule is O=C(Nc1ccc(OC(F)(F)F)cc1)c1cnc(N2CCCC2)c(-c2cncc(C(F)(F)F)c2)c1. The van der Waals surface area contributed by atoms with Gasteiger partial charge in [-0.25, -0.2) is 4.98 Å². The van der Waals surface area contributed by atoms with Gasteiger partial charge in [0.15, 0.2) is 0 Å². The molecule has 0 spiro atoms. The summed E-state index contributed by atoms with van der Waals surface area (Å²) in [5, 5.41) is 2.53. The van der Waals surface area contributed by atoms with Crippen LogP contribution in [0.15, 0.2) is 55.0 Å². The number of anilines is 2. The lowest BCUT2D eigenvalue weighted by atomic mass is 10.0. The maximum absolute atomic E-state index is 13.3. The first-order valence-corrected chi connectivity index (χ1v) is 10.4. The van der Waals surface area contributed by atoms with Crippen LogP contribution < -0.4 is 15.0 Å². The van der Waals surface area contributed by atoms with Gasteiger partial charge < -0.3 is 15.0 Å². The van der Waals surface area contributed by atoms with Crippen LogP contribution in [0.5, 0.6) is 5.75 Å². The molecule has 4 rings (SSSR count). The van der Waals surface area contributed by atoms with Crippen molar-refractivity contribution in [3.8, 4) is 16.9 Å². The summed E-state index contributed by atoms with van der Waals surface area (Å²) in [7, 11) is 0. The predicted octanol–water partition coefficient (Wildman–Crippen LogP) is 5.91. The maximum Gasteiger partial charge on any atom is 0.573 e. The van der Waals surface area contributed by atoms with Crippen LogP contribution in [0.25, 0.3) is 11.1 Å². The van der Waals surface area contributed by atoms with E-state index < -0.39 is 29.8 Å². The summed E-state index contributed by atoms with van der Waals surface area (Å²) >= 11 is 0. The molecule has 0 aliphatic carbocycles. The minimum atomic E-state index is -4.85. The number of aromatic nitrogens is 2. The molecule has 1 saturated heterocycles. The topological polar surface area (TPSA) is 67.3 Å². The van der Waals surface area contributed by atoms with Gasteiger partial charge in [-0.05, 0) is 49.2 Å². The zero-order valence-corrected chi connectivity index (χ0v) is 18.0. The smallest absolute Gasteiger partial charge is 0.406 e. The number of rotatable bonds is 5. The van der Waals surface area contributed by atoms with Crippen molar-refractivity contribution in [1.82, 2.24) is 9.97 Å². The Balaban J connectivity index is 1.63. The van der Waals surface area contributed by atoms with Crippen LogP contribution in [0, 0.1) is 0 Å². The van der Waals surface area contributed by atoms with E-state index in [0.29, 0.717) is 24.5 Å². The molecule has 2 aromatic heterocycles. The summed E-state index contributed by atoms with van der Waals surface area (Å²) in [5.74, 6) is -0.656. The van der Waals surface area contributed by atoms with Gasteiger partial charge in [-0.2, -0.15) is 13.2 Å². The summed E-state index contributed by atoms with van der Waals surface area (Å²) in [5.41, 5.74) is -0.227. The van der Waals surface area contributed by atoms with Crippen LogP contribution >= 0.6 is 0 Å². The molecule has 1 amide bonds. The van der Waals surface area contributed by atoms with E-state index in [2.05, 4.69) is 20.0 Å².